The van der Waals surface area contributed by atoms with Crippen molar-refractivity contribution in [3.63, 3.8) is 0 Å². The molecule has 19 heteroatoms. The van der Waals surface area contributed by atoms with Crippen LogP contribution in [-0.4, -0.2) is 96.7 Å². The van der Waals surface area contributed by atoms with Crippen LogP contribution >= 0.6 is 15.6 Å². The summed E-state index contributed by atoms with van der Waals surface area (Å²) in [6, 6.07) is 0. The number of ether oxygens (including phenoxy) is 4. The fourth-order valence-electron chi connectivity index (χ4n) is 12.9. The van der Waals surface area contributed by atoms with Gasteiger partial charge in [-0.1, -0.05) is 383 Å². The van der Waals surface area contributed by atoms with Gasteiger partial charge in [0.2, 0.25) is 0 Å². The van der Waals surface area contributed by atoms with Crippen molar-refractivity contribution in [2.24, 2.45) is 23.7 Å². The Kier molecular flexibility index (Phi) is 71.5. The van der Waals surface area contributed by atoms with Gasteiger partial charge in [0.05, 0.1) is 26.4 Å². The van der Waals surface area contributed by atoms with Crippen LogP contribution in [0.4, 0.5) is 0 Å². The molecule has 0 fully saturated rings. The number of carbonyl (C=O) groups excluding carboxylic acids is 4. The molecule has 0 aromatic carbocycles. The smallest absolute Gasteiger partial charge is 0.462 e. The highest BCUT2D eigenvalue weighted by atomic mass is 31.2. The van der Waals surface area contributed by atoms with Crippen LogP contribution in [0.3, 0.4) is 0 Å². The van der Waals surface area contributed by atoms with Crippen molar-refractivity contribution in [2.45, 2.75) is 453 Å². The number of aliphatic hydroxyl groups is 1. The largest absolute Gasteiger partial charge is 0.472 e. The Morgan fingerprint density at radius 2 is 0.466 bits per heavy atom. The summed E-state index contributed by atoms with van der Waals surface area (Å²) in [5.74, 6) is 0.975. The summed E-state index contributed by atoms with van der Waals surface area (Å²) in [5, 5.41) is 10.6. The SMILES string of the molecule is CCC(C)CCCCCCCCCCCCCCCCCCCCC(=O)OC[C@H](COP(=O)(O)OCC(O)COP(=O)(O)OC[C@@H](COC(=O)CCCCCCCCC(C)C)OC(=O)CCCCCCCCCCCCCCCCCCCCC(C)C)OC(=O)CCCCCCCCCCC(C)C. The first-order valence-corrected chi connectivity index (χ1v) is 46.2. The fourth-order valence-corrected chi connectivity index (χ4v) is 14.5. The second-order valence-electron chi connectivity index (χ2n) is 31.9. The van der Waals surface area contributed by atoms with Crippen LogP contribution in [-0.2, 0) is 65.4 Å². The first kappa shape index (κ1) is 101. The maximum atomic E-state index is 13.1. The quantitative estimate of drug-likeness (QED) is 0.0222. The molecule has 0 aliphatic rings. The van der Waals surface area contributed by atoms with E-state index in [4.69, 9.17) is 37.0 Å². The second-order valence-corrected chi connectivity index (χ2v) is 34.8. The first-order valence-electron chi connectivity index (χ1n) is 43.2. The molecule has 0 aromatic rings. The van der Waals surface area contributed by atoms with Crippen LogP contribution in [0.15, 0.2) is 0 Å². The van der Waals surface area contributed by atoms with Gasteiger partial charge < -0.3 is 33.8 Å². The van der Waals surface area contributed by atoms with Gasteiger partial charge in [-0.05, 0) is 49.4 Å². The third-order valence-electron chi connectivity index (χ3n) is 19.9. The van der Waals surface area contributed by atoms with E-state index in [-0.39, 0.29) is 25.7 Å². The van der Waals surface area contributed by atoms with Crippen LogP contribution in [0.1, 0.15) is 434 Å². The number of aliphatic hydroxyl groups excluding tert-OH is 1. The normalized spacial score (nSPS) is 14.2. The molecule has 0 aliphatic heterocycles. The molecule has 0 saturated carbocycles. The molecule has 0 heterocycles. The Bertz CT molecular complexity index is 2010. The zero-order valence-corrected chi connectivity index (χ0v) is 69.7. The van der Waals surface area contributed by atoms with E-state index in [1.807, 2.05) is 0 Å². The van der Waals surface area contributed by atoms with Gasteiger partial charge in [0, 0.05) is 25.7 Å². The van der Waals surface area contributed by atoms with Gasteiger partial charge in [0.25, 0.3) is 0 Å². The molecule has 0 spiro atoms. The average Bonchev–Trinajstić information content (AvgIpc) is 0.925. The van der Waals surface area contributed by atoms with Crippen LogP contribution in [0.2, 0.25) is 0 Å². The van der Waals surface area contributed by atoms with E-state index >= 15 is 0 Å². The lowest BCUT2D eigenvalue weighted by Gasteiger charge is -2.21. The first-order chi connectivity index (χ1) is 49.6. The van der Waals surface area contributed by atoms with Crippen molar-refractivity contribution in [2.75, 3.05) is 39.6 Å². The van der Waals surface area contributed by atoms with E-state index in [9.17, 15) is 43.2 Å². The number of phosphoric acid groups is 2. The summed E-state index contributed by atoms with van der Waals surface area (Å²) >= 11 is 0. The van der Waals surface area contributed by atoms with Crippen LogP contribution in [0.25, 0.3) is 0 Å². The van der Waals surface area contributed by atoms with Gasteiger partial charge in [-0.15, -0.1) is 0 Å². The van der Waals surface area contributed by atoms with E-state index in [2.05, 4.69) is 55.4 Å². The summed E-state index contributed by atoms with van der Waals surface area (Å²) in [6.07, 6.45) is 61.5. The molecule has 103 heavy (non-hydrogen) atoms. The monoisotopic (exact) mass is 1510 g/mol. The molecule has 17 nitrogen and oxygen atoms in total. The lowest BCUT2D eigenvalue weighted by atomic mass is 9.99. The number of carbonyl (C=O) groups is 4. The van der Waals surface area contributed by atoms with Crippen molar-refractivity contribution in [1.82, 2.24) is 0 Å². The van der Waals surface area contributed by atoms with Crippen molar-refractivity contribution >= 4 is 39.5 Å². The van der Waals surface area contributed by atoms with Gasteiger partial charge in [-0.2, -0.15) is 0 Å². The maximum Gasteiger partial charge on any atom is 0.472 e. The Balaban J connectivity index is 5.10. The third-order valence-corrected chi connectivity index (χ3v) is 21.8. The molecule has 0 radical (unpaired) electrons. The Morgan fingerprint density at radius 1 is 0.272 bits per heavy atom. The van der Waals surface area contributed by atoms with Crippen LogP contribution in [0, 0.1) is 23.7 Å². The number of hydrogen-bond acceptors (Lipinski definition) is 15. The number of hydrogen-bond donors (Lipinski definition) is 3. The molecule has 3 N–H and O–H groups in total. The second kappa shape index (κ2) is 72.9. The van der Waals surface area contributed by atoms with Crippen molar-refractivity contribution in [3.05, 3.63) is 0 Å². The summed E-state index contributed by atoms with van der Waals surface area (Å²) in [4.78, 5) is 73.0. The van der Waals surface area contributed by atoms with E-state index in [0.717, 1.165) is 108 Å². The maximum absolute atomic E-state index is 13.1. The Hall–Kier alpha value is -1.94. The topological polar surface area (TPSA) is 237 Å². The molecular weight excluding hydrogens is 1340 g/mol. The molecule has 0 saturated heterocycles. The van der Waals surface area contributed by atoms with E-state index < -0.39 is 97.5 Å². The lowest BCUT2D eigenvalue weighted by Crippen LogP contribution is -2.30. The van der Waals surface area contributed by atoms with Crippen LogP contribution in [0.5, 0.6) is 0 Å². The average molecular weight is 1510 g/mol. The molecule has 4 unspecified atom stereocenters. The third kappa shape index (κ3) is 76.6. The molecular formula is C84H164O17P2. The Labute approximate surface area is 632 Å². The highest BCUT2D eigenvalue weighted by Crippen LogP contribution is 2.45. The van der Waals surface area contributed by atoms with Gasteiger partial charge in [0.15, 0.2) is 12.2 Å². The van der Waals surface area contributed by atoms with Crippen molar-refractivity contribution in [1.29, 1.82) is 0 Å². The number of esters is 4. The molecule has 612 valence electrons. The molecule has 6 atom stereocenters. The van der Waals surface area contributed by atoms with Crippen LogP contribution < -0.4 is 0 Å². The van der Waals surface area contributed by atoms with E-state index in [1.165, 1.54) is 231 Å². The molecule has 0 aliphatic carbocycles. The predicted molar refractivity (Wildman–Crippen MR) is 423 cm³/mol. The fraction of sp³-hybridized carbons (Fsp3) is 0.952. The van der Waals surface area contributed by atoms with E-state index in [1.54, 1.807) is 0 Å². The molecule has 0 aromatic heterocycles. The predicted octanol–water partition coefficient (Wildman–Crippen LogP) is 25.2. The minimum Gasteiger partial charge on any atom is -0.462 e. The van der Waals surface area contributed by atoms with E-state index in [0.29, 0.717) is 37.5 Å². The van der Waals surface area contributed by atoms with Crippen molar-refractivity contribution < 1.29 is 80.2 Å². The Morgan fingerprint density at radius 3 is 0.689 bits per heavy atom. The zero-order chi connectivity index (χ0) is 76.0. The number of unbranched alkanes of at least 4 members (excludes halogenated alkanes) is 46. The standard InChI is InChI=1S/C84H164O17P2/c1-9-77(8)63-55-47-38-31-27-23-19-15-11-13-16-20-24-28-32-39-48-56-64-81(86)94-70-79(101-84(89)67-59-51-41-35-34-37-45-53-61-75(4)5)72-98-102(90,91)96-68-78(85)69-97-103(92,93)99-73-80(71-95-82(87)65-57-49-43-42-46-54-62-76(6)7)100-83(88)66-58-50-40-33-29-25-21-17-12-10-14-18-22-26-30-36-44-52-60-74(2)3/h74-80,85H,9-73H2,1-8H3,(H,90,91)(H,92,93)/t77?,78?,79-,80-/m1/s1. The van der Waals surface area contributed by atoms with Gasteiger partial charge in [-0.3, -0.25) is 37.3 Å². The number of phosphoric ester groups is 2. The summed E-state index contributed by atoms with van der Waals surface area (Å²) in [6.45, 7) is 14.2. The lowest BCUT2D eigenvalue weighted by molar-refractivity contribution is -0.161. The van der Waals surface area contributed by atoms with Gasteiger partial charge >= 0.3 is 39.5 Å². The summed E-state index contributed by atoms with van der Waals surface area (Å²) < 4.78 is 68.7. The van der Waals surface area contributed by atoms with Gasteiger partial charge in [-0.25, -0.2) is 9.13 Å². The summed E-state index contributed by atoms with van der Waals surface area (Å²) in [7, 11) is -9.92. The zero-order valence-electron chi connectivity index (χ0n) is 68.0. The minimum absolute atomic E-state index is 0.105. The minimum atomic E-state index is -4.96. The number of rotatable bonds is 81. The van der Waals surface area contributed by atoms with Crippen molar-refractivity contribution in [3.8, 4) is 0 Å². The highest BCUT2D eigenvalue weighted by Gasteiger charge is 2.30. The highest BCUT2D eigenvalue weighted by molar-refractivity contribution is 7.47. The summed E-state index contributed by atoms with van der Waals surface area (Å²) in [5.41, 5.74) is 0. The van der Waals surface area contributed by atoms with Gasteiger partial charge in [0.1, 0.15) is 19.3 Å². The molecule has 0 bridgehead atoms. The molecule has 0 rings (SSSR count). The molecule has 0 amide bonds.